The van der Waals surface area contributed by atoms with Crippen molar-refractivity contribution in [2.75, 3.05) is 5.32 Å². The monoisotopic (exact) mass is 508 g/mol. The maximum atomic E-state index is 13.6. The third kappa shape index (κ3) is 3.15. The molecule has 5 rings (SSSR count). The van der Waals surface area contributed by atoms with Crippen LogP contribution in [0.25, 0.3) is 0 Å². The lowest BCUT2D eigenvalue weighted by atomic mass is 9.69. The second-order valence-electron chi connectivity index (χ2n) is 7.68. The Balaban J connectivity index is 1.74. The van der Waals surface area contributed by atoms with Crippen LogP contribution in [-0.2, 0) is 26.3 Å². The van der Waals surface area contributed by atoms with Crippen LogP contribution < -0.4 is 21.4 Å². The molecule has 0 radical (unpaired) electrons. The van der Waals surface area contributed by atoms with Crippen LogP contribution in [-0.4, -0.2) is 11.9 Å². The van der Waals surface area contributed by atoms with E-state index in [9.17, 15) is 14.4 Å². The summed E-state index contributed by atoms with van der Waals surface area (Å²) in [6, 6.07) is 15.6. The quantitative estimate of drug-likeness (QED) is 0.520. The number of carbonyl (C=O) groups excluding carboxylic acids is 2. The first-order valence-electron chi connectivity index (χ1n) is 9.98. The number of benzene rings is 2. The maximum Gasteiger partial charge on any atom is 0.344 e. The fourth-order valence-electron chi connectivity index (χ4n) is 4.30. The Labute approximate surface area is 196 Å². The van der Waals surface area contributed by atoms with Gasteiger partial charge < -0.3 is 24.9 Å². The zero-order chi connectivity index (χ0) is 23.3. The summed E-state index contributed by atoms with van der Waals surface area (Å²) in [6.07, 6.45) is 0. The largest absolute Gasteiger partial charge is 0.457 e. The minimum atomic E-state index is -1.90. The zero-order valence-corrected chi connectivity index (χ0v) is 18.9. The summed E-state index contributed by atoms with van der Waals surface area (Å²) in [5, 5.41) is 2.75. The number of esters is 1. The van der Waals surface area contributed by atoms with E-state index in [1.165, 1.54) is 6.07 Å². The molecule has 1 aromatic heterocycles. The SMILES string of the molecule is Cc1cc2c(c(=O)o1)C1(C(=O)Nc3ccc(Br)cc31)C(C(=O)OCc1ccccc1)=C(N)O2. The number of hydrogen-bond acceptors (Lipinski definition) is 7. The molecule has 9 heteroatoms. The second kappa shape index (κ2) is 7.63. The van der Waals surface area contributed by atoms with Gasteiger partial charge in [-0.25, -0.2) is 9.59 Å². The van der Waals surface area contributed by atoms with Crippen molar-refractivity contribution in [2.24, 2.45) is 5.73 Å². The third-order valence-corrected chi connectivity index (χ3v) is 6.14. The zero-order valence-electron chi connectivity index (χ0n) is 17.3. The van der Waals surface area contributed by atoms with Crippen LogP contribution in [0, 0.1) is 6.92 Å². The first-order valence-corrected chi connectivity index (χ1v) is 10.8. The van der Waals surface area contributed by atoms with Crippen molar-refractivity contribution in [2.45, 2.75) is 18.9 Å². The molecular weight excluding hydrogens is 492 g/mol. The van der Waals surface area contributed by atoms with Crippen molar-refractivity contribution in [3.05, 3.63) is 103 Å². The van der Waals surface area contributed by atoms with Gasteiger partial charge in [0.05, 0.1) is 0 Å². The van der Waals surface area contributed by atoms with Gasteiger partial charge in [0.25, 0.3) is 0 Å². The number of ether oxygens (including phenoxy) is 2. The molecule has 0 saturated heterocycles. The minimum absolute atomic E-state index is 0.0452. The highest BCUT2D eigenvalue weighted by Crippen LogP contribution is 2.53. The fourth-order valence-corrected chi connectivity index (χ4v) is 4.66. The van der Waals surface area contributed by atoms with Crippen molar-refractivity contribution in [3.63, 3.8) is 0 Å². The van der Waals surface area contributed by atoms with E-state index >= 15 is 0 Å². The van der Waals surface area contributed by atoms with Crippen LogP contribution in [0.2, 0.25) is 0 Å². The number of hydrogen-bond donors (Lipinski definition) is 2. The number of carbonyl (C=O) groups is 2. The summed E-state index contributed by atoms with van der Waals surface area (Å²) in [5.41, 5.74) is 4.60. The Kier molecular flexibility index (Phi) is 4.86. The van der Waals surface area contributed by atoms with E-state index in [2.05, 4.69) is 21.2 Å². The predicted molar refractivity (Wildman–Crippen MR) is 121 cm³/mol. The fraction of sp³-hybridized carbons (Fsp3) is 0.125. The molecule has 2 aliphatic heterocycles. The Morgan fingerprint density at radius 1 is 1.15 bits per heavy atom. The van der Waals surface area contributed by atoms with Crippen molar-refractivity contribution in [1.29, 1.82) is 0 Å². The van der Waals surface area contributed by atoms with Gasteiger partial charge >= 0.3 is 11.6 Å². The van der Waals surface area contributed by atoms with Crippen molar-refractivity contribution < 1.29 is 23.5 Å². The van der Waals surface area contributed by atoms with E-state index in [1.807, 2.05) is 18.2 Å². The number of rotatable bonds is 3. The number of nitrogens with two attached hydrogens (primary N) is 1. The standard InChI is InChI=1S/C24H17BrN2O6/c1-12-9-17-18(22(29)32-12)24(15-10-14(25)7-8-16(15)27-23(24)30)19(20(26)33-17)21(28)31-11-13-5-3-2-4-6-13/h2-10H,11,26H2,1H3,(H,27,30). The number of nitrogens with one attached hydrogen (secondary N) is 1. The molecule has 166 valence electrons. The van der Waals surface area contributed by atoms with Gasteiger partial charge in [0.15, 0.2) is 0 Å². The summed E-state index contributed by atoms with van der Waals surface area (Å²) in [5.74, 6) is -1.53. The van der Waals surface area contributed by atoms with Gasteiger partial charge in [0.2, 0.25) is 11.8 Å². The number of halogens is 1. The van der Waals surface area contributed by atoms with Gasteiger partial charge in [-0.05, 0) is 30.7 Å². The van der Waals surface area contributed by atoms with Crippen LogP contribution in [0.5, 0.6) is 5.75 Å². The maximum absolute atomic E-state index is 13.6. The average molecular weight is 509 g/mol. The molecule has 0 aliphatic carbocycles. The molecule has 3 heterocycles. The van der Waals surface area contributed by atoms with Crippen LogP contribution in [0.3, 0.4) is 0 Å². The molecule has 3 N–H and O–H groups in total. The van der Waals surface area contributed by atoms with Crippen LogP contribution >= 0.6 is 15.9 Å². The molecule has 0 bridgehead atoms. The van der Waals surface area contributed by atoms with Gasteiger partial charge in [-0.3, -0.25) is 4.79 Å². The number of fused-ring (bicyclic) bond motifs is 4. The van der Waals surface area contributed by atoms with E-state index in [4.69, 9.17) is 19.6 Å². The molecule has 1 atom stereocenters. The highest BCUT2D eigenvalue weighted by atomic mass is 79.9. The molecule has 1 amide bonds. The molecule has 2 aliphatic rings. The van der Waals surface area contributed by atoms with Crippen LogP contribution in [0.4, 0.5) is 5.69 Å². The molecule has 2 aromatic carbocycles. The van der Waals surface area contributed by atoms with Gasteiger partial charge in [0, 0.05) is 21.8 Å². The molecule has 8 nitrogen and oxygen atoms in total. The Morgan fingerprint density at radius 2 is 1.91 bits per heavy atom. The minimum Gasteiger partial charge on any atom is -0.457 e. The van der Waals surface area contributed by atoms with Gasteiger partial charge in [-0.2, -0.15) is 0 Å². The molecule has 0 fully saturated rings. The van der Waals surface area contributed by atoms with Gasteiger partial charge in [-0.15, -0.1) is 0 Å². The summed E-state index contributed by atoms with van der Waals surface area (Å²) < 4.78 is 17.1. The van der Waals surface area contributed by atoms with E-state index in [0.717, 1.165) is 5.56 Å². The molecule has 1 spiro atoms. The third-order valence-electron chi connectivity index (χ3n) is 5.65. The highest BCUT2D eigenvalue weighted by molar-refractivity contribution is 9.10. The van der Waals surface area contributed by atoms with E-state index in [1.54, 1.807) is 37.3 Å². The molecule has 1 unspecified atom stereocenters. The van der Waals surface area contributed by atoms with Crippen molar-refractivity contribution >= 4 is 33.5 Å². The Hall–Kier alpha value is -3.85. The van der Waals surface area contributed by atoms with Crippen LogP contribution in [0.1, 0.15) is 22.5 Å². The normalized spacial score (nSPS) is 18.4. The second-order valence-corrected chi connectivity index (χ2v) is 8.60. The van der Waals surface area contributed by atoms with Crippen molar-refractivity contribution in [3.8, 4) is 5.75 Å². The molecule has 3 aromatic rings. The summed E-state index contributed by atoms with van der Waals surface area (Å²) in [7, 11) is 0. The topological polar surface area (TPSA) is 121 Å². The predicted octanol–water partition coefficient (Wildman–Crippen LogP) is 3.26. The first-order chi connectivity index (χ1) is 15.8. The average Bonchev–Trinajstić information content (AvgIpc) is 3.04. The highest BCUT2D eigenvalue weighted by Gasteiger charge is 2.60. The Morgan fingerprint density at radius 3 is 2.67 bits per heavy atom. The number of amides is 1. The van der Waals surface area contributed by atoms with E-state index in [-0.39, 0.29) is 35.1 Å². The lowest BCUT2D eigenvalue weighted by molar-refractivity contribution is -0.142. The molecular formula is C24H17BrN2O6. The van der Waals surface area contributed by atoms with E-state index in [0.29, 0.717) is 15.7 Å². The van der Waals surface area contributed by atoms with E-state index < -0.39 is 22.9 Å². The summed E-state index contributed by atoms with van der Waals surface area (Å²) in [4.78, 5) is 40.1. The smallest absolute Gasteiger partial charge is 0.344 e. The van der Waals surface area contributed by atoms with Gasteiger partial charge in [-0.1, -0.05) is 46.3 Å². The number of aryl methyl sites for hydroxylation is 1. The first kappa shape index (κ1) is 21.0. The van der Waals surface area contributed by atoms with Gasteiger partial charge in [0.1, 0.15) is 34.7 Å². The molecule has 0 saturated carbocycles. The summed E-state index contributed by atoms with van der Waals surface area (Å²) >= 11 is 3.40. The molecule has 33 heavy (non-hydrogen) atoms. The van der Waals surface area contributed by atoms with Crippen LogP contribution in [0.15, 0.2) is 79.7 Å². The summed E-state index contributed by atoms with van der Waals surface area (Å²) in [6.45, 7) is 1.51. The Bertz CT molecular complexity index is 1410. The lowest BCUT2D eigenvalue weighted by Crippen LogP contribution is -2.48. The van der Waals surface area contributed by atoms with Crippen molar-refractivity contribution in [1.82, 2.24) is 0 Å². The lowest BCUT2D eigenvalue weighted by Gasteiger charge is -2.34. The number of anilines is 1.